The Hall–Kier alpha value is -0.670. The smallest absolute Gasteiger partial charge is 0.402 e. The van der Waals surface area contributed by atoms with Gasteiger partial charge in [-0.3, -0.25) is 0 Å². The second kappa shape index (κ2) is 9.01. The average molecular weight is 125 g/mol. The van der Waals surface area contributed by atoms with Gasteiger partial charge in [0, 0.05) is 0 Å². The Morgan fingerprint density at radius 2 is 1.71 bits per heavy atom. The van der Waals surface area contributed by atoms with Gasteiger partial charge in [0.1, 0.15) is 0 Å². The first-order chi connectivity index (χ1) is 3.15. The van der Waals surface area contributed by atoms with Gasteiger partial charge in [-0.05, 0) is 0 Å². The van der Waals surface area contributed by atoms with Gasteiger partial charge in [0.2, 0.25) is 0 Å². The Bertz CT molecular complexity index is 58.7. The number of primary amides is 1. The first kappa shape index (κ1) is 9.59. The molecule has 0 atom stereocenters. The van der Waals surface area contributed by atoms with E-state index in [-0.39, 0.29) is 0 Å². The number of hydrogen-bond acceptors (Lipinski definition) is 2. The fourth-order valence-electron chi connectivity index (χ4n) is 0. The molecule has 0 aliphatic rings. The summed E-state index contributed by atoms with van der Waals surface area (Å²) in [5.41, 5.74) is 4.03. The summed E-state index contributed by atoms with van der Waals surface area (Å²) in [5, 5.41) is 7.19. The lowest BCUT2D eigenvalue weighted by molar-refractivity contribution is 0.205. The first-order valence-corrected chi connectivity index (χ1v) is 1.86. The molecule has 5 nitrogen and oxygen atoms in total. The summed E-state index contributed by atoms with van der Waals surface area (Å²) in [6.07, 6.45) is -1.33. The normalized spacial score (nSPS) is 6.43. The fourth-order valence-corrected chi connectivity index (χ4v) is 0. The minimum Gasteiger partial charge on any atom is -0.465 e. The van der Waals surface area contributed by atoms with Crippen molar-refractivity contribution in [2.75, 3.05) is 0 Å². The summed E-state index contributed by atoms with van der Waals surface area (Å²) >= 11 is 0. The summed E-state index contributed by atoms with van der Waals surface area (Å²) < 4.78 is 8.46. The van der Waals surface area contributed by atoms with Crippen molar-refractivity contribution in [2.45, 2.75) is 0 Å². The highest BCUT2D eigenvalue weighted by Crippen LogP contribution is 1.66. The van der Waals surface area contributed by atoms with Crippen LogP contribution in [-0.4, -0.2) is 16.1 Å². The average Bonchev–Trinajstić information content (AvgIpc) is 1.33. The number of hydrogen-bond donors (Lipinski definition) is 3. The van der Waals surface area contributed by atoms with E-state index >= 15 is 0 Å². The van der Waals surface area contributed by atoms with E-state index < -0.39 is 14.8 Å². The molecule has 0 aromatic carbocycles. The molecule has 0 unspecified atom stereocenters. The zero-order valence-electron chi connectivity index (χ0n) is 3.24. The van der Waals surface area contributed by atoms with E-state index in [0.29, 0.717) is 0 Å². The van der Waals surface area contributed by atoms with Crippen molar-refractivity contribution >= 4 is 14.8 Å². The number of rotatable bonds is 0. The van der Waals surface area contributed by atoms with E-state index in [0.717, 1.165) is 0 Å². The van der Waals surface area contributed by atoms with E-state index in [1.165, 1.54) is 0 Å². The molecule has 0 radical (unpaired) electrons. The summed E-state index contributed by atoms with van der Waals surface area (Å²) in [6.45, 7) is 0. The van der Waals surface area contributed by atoms with Crippen molar-refractivity contribution in [1.82, 2.24) is 0 Å². The topological polar surface area (TPSA) is 101 Å². The van der Waals surface area contributed by atoms with Crippen LogP contribution in [0.3, 0.4) is 0 Å². The van der Waals surface area contributed by atoms with Gasteiger partial charge in [-0.15, -0.1) is 0 Å². The Kier molecular flexibility index (Phi) is 12.3. The van der Waals surface area contributed by atoms with E-state index in [2.05, 4.69) is 5.73 Å². The van der Waals surface area contributed by atoms with Crippen molar-refractivity contribution in [2.24, 2.45) is 5.73 Å². The fraction of sp³-hybridized carbons (Fsp3) is 0. The highest BCUT2D eigenvalue weighted by molar-refractivity contribution is 7.16. The van der Waals surface area contributed by atoms with E-state index in [1.54, 1.807) is 0 Å². The lowest BCUT2D eigenvalue weighted by Gasteiger charge is -1.61. The summed E-state index contributed by atoms with van der Waals surface area (Å²) in [4.78, 5) is 15.8. The second-order valence-electron chi connectivity index (χ2n) is 0.420. The molecule has 0 aliphatic heterocycles. The minimum absolute atomic E-state index is 0.833. The predicted molar refractivity (Wildman–Crippen MR) is 22.0 cm³/mol. The molecule has 0 saturated heterocycles. The van der Waals surface area contributed by atoms with Crippen LogP contribution in [0.1, 0.15) is 0 Å². The van der Waals surface area contributed by atoms with Crippen LogP contribution in [0, 0.1) is 0 Å². The highest BCUT2D eigenvalue weighted by Gasteiger charge is 1.65. The Morgan fingerprint density at radius 3 is 1.71 bits per heavy atom. The molecule has 4 N–H and O–H groups in total. The molecule has 0 fully saturated rings. The molecule has 42 valence electrons. The molecule has 0 aromatic rings. The quantitative estimate of drug-likeness (QED) is 0.390. The third kappa shape index (κ3) is 132. The number of carboxylic acid groups (broad SMARTS) is 1. The van der Waals surface area contributed by atoms with E-state index in [9.17, 15) is 0 Å². The van der Waals surface area contributed by atoms with E-state index in [1.807, 2.05) is 0 Å². The Balaban J connectivity index is 0. The molecule has 0 saturated carbocycles. The highest BCUT2D eigenvalue weighted by atomic mass is 31.1. The van der Waals surface area contributed by atoms with Crippen LogP contribution in [-0.2, 0) is 4.57 Å². The molecule has 0 rings (SSSR count). The minimum atomic E-state index is -1.33. The second-order valence-corrected chi connectivity index (χ2v) is 0.583. The van der Waals surface area contributed by atoms with Gasteiger partial charge < -0.3 is 15.7 Å². The standard InChI is InChI=1S/CH3NO2.HO2P/c2-1(3)4;1-3-2/h2H2,(H,3,4);(H,1,2). The van der Waals surface area contributed by atoms with Crippen molar-refractivity contribution in [3.05, 3.63) is 0 Å². The Morgan fingerprint density at radius 1 is 1.71 bits per heavy atom. The number of nitrogens with two attached hydrogens (primary N) is 1. The lowest BCUT2D eigenvalue weighted by Crippen LogP contribution is -2.03. The lowest BCUT2D eigenvalue weighted by atomic mass is 11.3. The number of amides is 1. The number of carbonyl (C=O) groups is 1. The van der Waals surface area contributed by atoms with Gasteiger partial charge in [-0.2, -0.15) is 0 Å². The maximum absolute atomic E-state index is 8.78. The predicted octanol–water partition coefficient (Wildman–Crippen LogP) is -0.192. The summed E-state index contributed by atoms with van der Waals surface area (Å²) in [7, 11) is -0.833. The molecule has 0 bridgehead atoms. The summed E-state index contributed by atoms with van der Waals surface area (Å²) in [5.74, 6) is 0. The van der Waals surface area contributed by atoms with Gasteiger partial charge in [-0.1, -0.05) is 0 Å². The monoisotopic (exact) mass is 125 g/mol. The van der Waals surface area contributed by atoms with Crippen LogP contribution in [0.15, 0.2) is 0 Å². The van der Waals surface area contributed by atoms with E-state index in [4.69, 9.17) is 19.4 Å². The van der Waals surface area contributed by atoms with Gasteiger partial charge in [0.15, 0.2) is 0 Å². The Labute approximate surface area is 41.0 Å². The molecule has 0 spiro atoms. The van der Waals surface area contributed by atoms with Gasteiger partial charge in [-0.25, -0.2) is 9.36 Å². The molecule has 0 aliphatic carbocycles. The van der Waals surface area contributed by atoms with Crippen molar-refractivity contribution in [1.29, 1.82) is 0 Å². The molecular weight excluding hydrogens is 121 g/mol. The molecule has 7 heavy (non-hydrogen) atoms. The van der Waals surface area contributed by atoms with Crippen LogP contribution < -0.4 is 5.73 Å². The molecule has 1 amide bonds. The van der Waals surface area contributed by atoms with Gasteiger partial charge in [0.05, 0.1) is 0 Å². The van der Waals surface area contributed by atoms with Crippen LogP contribution in [0.25, 0.3) is 0 Å². The zero-order valence-corrected chi connectivity index (χ0v) is 4.13. The van der Waals surface area contributed by atoms with Crippen molar-refractivity contribution < 1.29 is 19.4 Å². The van der Waals surface area contributed by atoms with Crippen LogP contribution in [0.5, 0.6) is 0 Å². The third-order valence-electron chi connectivity index (χ3n) is 0. The van der Waals surface area contributed by atoms with Crippen LogP contribution in [0.2, 0.25) is 0 Å². The maximum Gasteiger partial charge on any atom is 0.402 e. The zero-order chi connectivity index (χ0) is 6.28. The molecule has 6 heteroatoms. The molecule has 0 aromatic heterocycles. The first-order valence-electron chi connectivity index (χ1n) is 1.10. The van der Waals surface area contributed by atoms with Gasteiger partial charge >= 0.3 is 14.8 Å². The van der Waals surface area contributed by atoms with Crippen LogP contribution in [0.4, 0.5) is 4.79 Å². The summed E-state index contributed by atoms with van der Waals surface area (Å²) in [6, 6.07) is 0. The molecule has 0 heterocycles. The third-order valence-corrected chi connectivity index (χ3v) is 0. The largest absolute Gasteiger partial charge is 0.465 e. The van der Waals surface area contributed by atoms with Crippen molar-refractivity contribution in [3.8, 4) is 0 Å². The van der Waals surface area contributed by atoms with Crippen molar-refractivity contribution in [3.63, 3.8) is 0 Å². The molecular formula is CH4NO4P. The van der Waals surface area contributed by atoms with Crippen LogP contribution >= 0.6 is 8.69 Å². The maximum atomic E-state index is 8.78. The van der Waals surface area contributed by atoms with Gasteiger partial charge in [0.25, 0.3) is 0 Å². The SMILES string of the molecule is NC(=O)O.O=PO.